The van der Waals surface area contributed by atoms with E-state index in [1.54, 1.807) is 0 Å². The van der Waals surface area contributed by atoms with Crippen molar-refractivity contribution < 1.29 is 62.3 Å². The first-order valence-electron chi connectivity index (χ1n) is 12.2. The Morgan fingerprint density at radius 1 is 0.739 bits per heavy atom. The van der Waals surface area contributed by atoms with Crippen LogP contribution < -0.4 is 21.6 Å². The van der Waals surface area contributed by atoms with Crippen molar-refractivity contribution in [1.29, 1.82) is 0 Å². The fourth-order valence-electron chi connectivity index (χ4n) is 3.63. The summed E-state index contributed by atoms with van der Waals surface area (Å²) in [5, 5.41) is 6.11. The maximum Gasteiger partial charge on any atom is 0.416 e. The fourth-order valence-corrected chi connectivity index (χ4v) is 3.63. The molecule has 46 heavy (non-hydrogen) atoms. The fraction of sp³-hybridized carbons (Fsp3) is 0.231. The van der Waals surface area contributed by atoms with E-state index in [0.29, 0.717) is 41.1 Å². The highest BCUT2D eigenvalue weighted by Gasteiger charge is 2.38. The number of rotatable bonds is 6. The van der Waals surface area contributed by atoms with Gasteiger partial charge in [0.2, 0.25) is 0 Å². The highest BCUT2D eigenvalue weighted by molar-refractivity contribution is 5.88. The van der Waals surface area contributed by atoms with Crippen LogP contribution in [-0.4, -0.2) is 28.2 Å². The van der Waals surface area contributed by atoms with Crippen LogP contribution in [0, 0.1) is 0 Å². The number of aromatic nitrogens is 2. The molecule has 0 spiro atoms. The summed E-state index contributed by atoms with van der Waals surface area (Å²) in [6.07, 6.45) is -18.7. The largest absolute Gasteiger partial charge is 0.416 e. The van der Waals surface area contributed by atoms with Crippen LogP contribution in [0.1, 0.15) is 33.4 Å². The lowest BCUT2D eigenvalue weighted by molar-refractivity contribution is -0.144. The maximum absolute atomic E-state index is 13.0. The van der Waals surface area contributed by atoms with Gasteiger partial charge in [0.05, 0.1) is 22.3 Å². The van der Waals surface area contributed by atoms with Crippen molar-refractivity contribution >= 4 is 24.0 Å². The molecule has 0 saturated carbocycles. The van der Waals surface area contributed by atoms with Gasteiger partial charge in [-0.05, 0) is 66.1 Å². The molecule has 0 radical (unpaired) electrons. The van der Waals surface area contributed by atoms with E-state index in [4.69, 9.17) is 0 Å². The van der Waals surface area contributed by atoms with Crippen LogP contribution in [0.2, 0.25) is 0 Å². The van der Waals surface area contributed by atoms with Crippen LogP contribution in [0.5, 0.6) is 0 Å². The molecular weight excluding hydrogens is 658 g/mol. The number of hydrogen-bond acceptors (Lipinski definition) is 4. The Labute approximate surface area is 248 Å². The van der Waals surface area contributed by atoms with Gasteiger partial charge < -0.3 is 10.6 Å². The maximum atomic E-state index is 13.0. The highest BCUT2D eigenvalue weighted by Crippen LogP contribution is 2.37. The number of nitrogens with one attached hydrogen (secondary N) is 3. The second kappa shape index (κ2) is 13.1. The van der Waals surface area contributed by atoms with Crippen LogP contribution >= 0.6 is 0 Å². The second-order valence-electron chi connectivity index (χ2n) is 9.13. The van der Waals surface area contributed by atoms with E-state index in [9.17, 15) is 67.1 Å². The molecule has 3 N–H and O–H groups in total. The van der Waals surface area contributed by atoms with Crippen molar-refractivity contribution in [3.05, 3.63) is 98.7 Å². The Morgan fingerprint density at radius 3 is 1.67 bits per heavy atom. The minimum atomic E-state index is -5.11. The van der Waals surface area contributed by atoms with Gasteiger partial charge in [-0.15, -0.1) is 0 Å². The SMILES string of the molecule is O=C(NCCc1cc(C(F)(F)F)cc(C(F)(F)F)c1)Nc1ccn(C(=O)N/C=C/c2cc(C(F)(F)F)cc(C(F)(F)F)c2)c(=O)n1. The summed E-state index contributed by atoms with van der Waals surface area (Å²) >= 11 is 0. The standard InChI is InChI=1S/C26H17F12N5O3/c27-23(28,29)15-7-13(8-16(11-15)24(30,31)32)1-4-39-20(44)41-19-3-6-43(22(46)42-19)21(45)40-5-2-14-9-17(25(33,34)35)12-18(10-14)26(36,37)38/h2-3,5-12H,1,4H2,(H,40,45)(H2,39,41,42,44,46)/b5-2+. The van der Waals surface area contributed by atoms with Crippen molar-refractivity contribution in [3.63, 3.8) is 0 Å². The van der Waals surface area contributed by atoms with E-state index in [1.165, 1.54) is 0 Å². The van der Waals surface area contributed by atoms with E-state index in [2.05, 4.69) is 10.3 Å². The first-order valence-corrected chi connectivity index (χ1v) is 12.2. The lowest BCUT2D eigenvalue weighted by atomic mass is 10.0. The summed E-state index contributed by atoms with van der Waals surface area (Å²) < 4.78 is 156. The second-order valence-corrected chi connectivity index (χ2v) is 9.13. The number of halogens is 12. The molecule has 1 aromatic heterocycles. The number of nitrogens with zero attached hydrogens (tertiary/aromatic N) is 2. The van der Waals surface area contributed by atoms with Crippen LogP contribution in [-0.2, 0) is 31.1 Å². The smallest absolute Gasteiger partial charge is 0.337 e. The van der Waals surface area contributed by atoms with E-state index < -0.39 is 94.6 Å². The Morgan fingerprint density at radius 2 is 1.22 bits per heavy atom. The predicted octanol–water partition coefficient (Wildman–Crippen LogP) is 6.91. The average Bonchev–Trinajstić information content (AvgIpc) is 2.91. The van der Waals surface area contributed by atoms with Crippen molar-refractivity contribution in [2.75, 3.05) is 11.9 Å². The molecule has 1 heterocycles. The van der Waals surface area contributed by atoms with E-state index in [0.717, 1.165) is 12.3 Å². The van der Waals surface area contributed by atoms with Gasteiger partial charge in [0, 0.05) is 18.9 Å². The third kappa shape index (κ3) is 9.73. The van der Waals surface area contributed by atoms with Crippen LogP contribution in [0.15, 0.2) is 59.7 Å². The molecule has 20 heteroatoms. The monoisotopic (exact) mass is 675 g/mol. The number of amides is 3. The van der Waals surface area contributed by atoms with Gasteiger partial charge in [-0.2, -0.15) is 57.7 Å². The van der Waals surface area contributed by atoms with Gasteiger partial charge in [0.1, 0.15) is 5.82 Å². The molecule has 3 aromatic rings. The van der Waals surface area contributed by atoms with Crippen molar-refractivity contribution in [3.8, 4) is 0 Å². The Hall–Kier alpha value is -5.04. The topological polar surface area (TPSA) is 105 Å². The summed E-state index contributed by atoms with van der Waals surface area (Å²) in [7, 11) is 0. The molecule has 0 aliphatic rings. The van der Waals surface area contributed by atoms with Crippen LogP contribution in [0.3, 0.4) is 0 Å². The first kappa shape index (κ1) is 35.4. The van der Waals surface area contributed by atoms with Gasteiger partial charge >= 0.3 is 42.5 Å². The molecule has 3 rings (SSSR count). The number of anilines is 1. The lowest BCUT2D eigenvalue weighted by Crippen LogP contribution is -2.36. The third-order valence-electron chi connectivity index (χ3n) is 5.70. The van der Waals surface area contributed by atoms with Gasteiger partial charge in [-0.1, -0.05) is 0 Å². The van der Waals surface area contributed by atoms with E-state index >= 15 is 0 Å². The molecule has 0 fully saturated rings. The highest BCUT2D eigenvalue weighted by atomic mass is 19.4. The van der Waals surface area contributed by atoms with Gasteiger partial charge in [-0.25, -0.2) is 19.0 Å². The zero-order chi connectivity index (χ0) is 34.7. The molecule has 3 amide bonds. The van der Waals surface area contributed by atoms with Crippen LogP contribution in [0.25, 0.3) is 6.08 Å². The Bertz CT molecular complexity index is 1630. The molecular formula is C26H17F12N5O3. The minimum absolute atomic E-state index is 0.0581. The Kier molecular flexibility index (Phi) is 10.1. The molecule has 0 saturated heterocycles. The van der Waals surface area contributed by atoms with E-state index in [-0.39, 0.29) is 12.1 Å². The van der Waals surface area contributed by atoms with Crippen molar-refractivity contribution in [2.24, 2.45) is 0 Å². The van der Waals surface area contributed by atoms with Gasteiger partial charge in [0.25, 0.3) is 0 Å². The van der Waals surface area contributed by atoms with Gasteiger partial charge in [0.15, 0.2) is 0 Å². The number of carbonyl (C=O) groups excluding carboxylic acids is 2. The molecule has 8 nitrogen and oxygen atoms in total. The molecule has 248 valence electrons. The van der Waals surface area contributed by atoms with Crippen LogP contribution in [0.4, 0.5) is 68.1 Å². The normalized spacial score (nSPS) is 12.7. The zero-order valence-electron chi connectivity index (χ0n) is 22.3. The first-order chi connectivity index (χ1) is 21.0. The lowest BCUT2D eigenvalue weighted by Gasteiger charge is -2.14. The molecule has 0 unspecified atom stereocenters. The number of urea groups is 1. The Balaban J connectivity index is 1.62. The predicted molar refractivity (Wildman–Crippen MR) is 135 cm³/mol. The number of hydrogen-bond donors (Lipinski definition) is 3. The molecule has 0 aliphatic carbocycles. The molecule has 0 atom stereocenters. The molecule has 2 aromatic carbocycles. The summed E-state index contributed by atoms with van der Waals surface area (Å²) in [4.78, 5) is 39.9. The minimum Gasteiger partial charge on any atom is -0.337 e. The third-order valence-corrected chi connectivity index (χ3v) is 5.70. The molecule has 0 aliphatic heterocycles. The zero-order valence-corrected chi connectivity index (χ0v) is 22.3. The molecule has 0 bridgehead atoms. The summed E-state index contributed by atoms with van der Waals surface area (Å²) in [6.45, 7) is -0.452. The number of alkyl halides is 12. The van der Waals surface area contributed by atoms with Crippen molar-refractivity contribution in [2.45, 2.75) is 31.1 Å². The van der Waals surface area contributed by atoms with Gasteiger partial charge in [-0.3, -0.25) is 5.32 Å². The van der Waals surface area contributed by atoms with E-state index in [1.807, 2.05) is 10.6 Å². The number of benzene rings is 2. The summed E-state index contributed by atoms with van der Waals surface area (Å²) in [5.41, 5.74) is -8.59. The summed E-state index contributed by atoms with van der Waals surface area (Å²) in [6, 6.07) is 0.150. The summed E-state index contributed by atoms with van der Waals surface area (Å²) in [5.74, 6) is -0.454. The quantitative estimate of drug-likeness (QED) is 0.247. The average molecular weight is 675 g/mol. The van der Waals surface area contributed by atoms with Crippen molar-refractivity contribution in [1.82, 2.24) is 20.2 Å². The number of carbonyl (C=O) groups is 2.